The van der Waals surface area contributed by atoms with E-state index in [2.05, 4.69) is 6.92 Å². The molecule has 0 aliphatic heterocycles. The Morgan fingerprint density at radius 3 is 2.62 bits per heavy atom. The Balaban J connectivity index is 2.57. The molecule has 0 fully saturated rings. The van der Waals surface area contributed by atoms with E-state index in [1.165, 1.54) is 4.88 Å². The van der Waals surface area contributed by atoms with Crippen LogP contribution >= 0.6 is 11.3 Å². The van der Waals surface area contributed by atoms with Gasteiger partial charge in [-0.05, 0) is 47.7 Å². The zero-order valence-corrected chi connectivity index (χ0v) is 10.0. The van der Waals surface area contributed by atoms with Gasteiger partial charge in [0, 0.05) is 10.4 Å². The Morgan fingerprint density at radius 1 is 1.25 bits per heavy atom. The highest BCUT2D eigenvalue weighted by Gasteiger charge is 2.09. The molecule has 2 aromatic rings. The van der Waals surface area contributed by atoms with Gasteiger partial charge in [0.1, 0.15) is 5.75 Å². The lowest BCUT2D eigenvalue weighted by Crippen LogP contribution is -1.90. The van der Waals surface area contributed by atoms with Gasteiger partial charge in [0.15, 0.2) is 6.29 Å². The Hall–Kier alpha value is -1.61. The van der Waals surface area contributed by atoms with Crippen molar-refractivity contribution in [3.05, 3.63) is 40.1 Å². The summed E-state index contributed by atoms with van der Waals surface area (Å²) < 4.78 is 5.10. The minimum Gasteiger partial charge on any atom is -0.497 e. The summed E-state index contributed by atoms with van der Waals surface area (Å²) >= 11 is 1.68. The number of hydrogen-bond donors (Lipinski definition) is 0. The van der Waals surface area contributed by atoms with Crippen molar-refractivity contribution in [2.24, 2.45) is 0 Å². The maximum atomic E-state index is 11.0. The first kappa shape index (κ1) is 10.9. The molecule has 0 aliphatic rings. The minimum atomic E-state index is 0.667. The van der Waals surface area contributed by atoms with Crippen LogP contribution in [-0.4, -0.2) is 13.4 Å². The lowest BCUT2D eigenvalue weighted by atomic mass is 10.0. The van der Waals surface area contributed by atoms with E-state index >= 15 is 0 Å². The van der Waals surface area contributed by atoms with Gasteiger partial charge in [-0.25, -0.2) is 0 Å². The molecule has 1 aromatic heterocycles. The highest BCUT2D eigenvalue weighted by atomic mass is 32.1. The fourth-order valence-electron chi connectivity index (χ4n) is 1.67. The van der Waals surface area contributed by atoms with Gasteiger partial charge >= 0.3 is 0 Å². The molecule has 1 aromatic carbocycles. The number of aryl methyl sites for hydroxylation is 1. The van der Waals surface area contributed by atoms with Crippen molar-refractivity contribution < 1.29 is 9.53 Å². The number of carbonyl (C=O) groups is 1. The fourth-order valence-corrected chi connectivity index (χ4v) is 2.39. The average molecular weight is 232 g/mol. The van der Waals surface area contributed by atoms with Crippen LogP contribution in [0.3, 0.4) is 0 Å². The van der Waals surface area contributed by atoms with Gasteiger partial charge in [0.05, 0.1) is 7.11 Å². The van der Waals surface area contributed by atoms with E-state index in [0.717, 1.165) is 17.4 Å². The molecule has 0 unspecified atom stereocenters. The van der Waals surface area contributed by atoms with E-state index in [0.29, 0.717) is 11.3 Å². The highest BCUT2D eigenvalue weighted by Crippen LogP contribution is 2.31. The second kappa shape index (κ2) is 4.49. The van der Waals surface area contributed by atoms with Crippen molar-refractivity contribution in [1.29, 1.82) is 0 Å². The molecular formula is C13H12O2S. The van der Waals surface area contributed by atoms with Gasteiger partial charge in [-0.3, -0.25) is 4.79 Å². The van der Waals surface area contributed by atoms with E-state index in [1.807, 2.05) is 23.6 Å². The standard InChI is InChI=1S/C13H12O2S/c1-9-12(5-6-16-9)13-4-3-11(15-2)7-10(13)8-14/h3-8H,1-2H3. The molecule has 0 amide bonds. The predicted octanol–water partition coefficient (Wildman–Crippen LogP) is 3.54. The van der Waals surface area contributed by atoms with E-state index in [9.17, 15) is 4.79 Å². The molecule has 0 saturated carbocycles. The Morgan fingerprint density at radius 2 is 2.06 bits per heavy atom. The van der Waals surface area contributed by atoms with Crippen LogP contribution in [0.5, 0.6) is 5.75 Å². The molecule has 0 bridgehead atoms. The first-order valence-electron chi connectivity index (χ1n) is 4.94. The molecule has 0 saturated heterocycles. The largest absolute Gasteiger partial charge is 0.497 e. The van der Waals surface area contributed by atoms with Crippen LogP contribution in [0.1, 0.15) is 15.2 Å². The van der Waals surface area contributed by atoms with Crippen LogP contribution in [0.15, 0.2) is 29.6 Å². The zero-order chi connectivity index (χ0) is 11.5. The molecule has 0 spiro atoms. The van der Waals surface area contributed by atoms with E-state index in [4.69, 9.17) is 4.74 Å². The minimum absolute atomic E-state index is 0.667. The van der Waals surface area contributed by atoms with Crippen LogP contribution in [0.4, 0.5) is 0 Å². The summed E-state index contributed by atoms with van der Waals surface area (Å²) in [7, 11) is 1.60. The summed E-state index contributed by atoms with van der Waals surface area (Å²) in [6.07, 6.45) is 0.870. The molecule has 2 rings (SSSR count). The Labute approximate surface area is 98.5 Å². The zero-order valence-electron chi connectivity index (χ0n) is 9.19. The van der Waals surface area contributed by atoms with E-state index < -0.39 is 0 Å². The molecule has 1 heterocycles. The Bertz CT molecular complexity index is 514. The molecule has 0 N–H and O–H groups in total. The quantitative estimate of drug-likeness (QED) is 0.756. The van der Waals surface area contributed by atoms with E-state index in [1.54, 1.807) is 24.5 Å². The second-order valence-corrected chi connectivity index (χ2v) is 4.58. The van der Waals surface area contributed by atoms with Crippen molar-refractivity contribution >= 4 is 17.6 Å². The highest BCUT2D eigenvalue weighted by molar-refractivity contribution is 7.10. The molecule has 82 valence electrons. The lowest BCUT2D eigenvalue weighted by molar-refractivity contribution is 0.112. The van der Waals surface area contributed by atoms with Crippen molar-refractivity contribution in [2.45, 2.75) is 6.92 Å². The van der Waals surface area contributed by atoms with Crippen LogP contribution in [-0.2, 0) is 0 Å². The van der Waals surface area contributed by atoms with Gasteiger partial charge in [0.25, 0.3) is 0 Å². The van der Waals surface area contributed by atoms with E-state index in [-0.39, 0.29) is 0 Å². The number of ether oxygens (including phenoxy) is 1. The Kier molecular flexibility index (Phi) is 3.06. The third-order valence-electron chi connectivity index (χ3n) is 2.53. The van der Waals surface area contributed by atoms with Gasteiger partial charge < -0.3 is 4.74 Å². The number of thiophene rings is 1. The first-order chi connectivity index (χ1) is 7.76. The maximum Gasteiger partial charge on any atom is 0.150 e. The van der Waals surface area contributed by atoms with Gasteiger partial charge in [-0.2, -0.15) is 0 Å². The van der Waals surface area contributed by atoms with Gasteiger partial charge in [-0.1, -0.05) is 0 Å². The molecule has 2 nitrogen and oxygen atoms in total. The van der Waals surface area contributed by atoms with Gasteiger partial charge in [-0.15, -0.1) is 11.3 Å². The summed E-state index contributed by atoms with van der Waals surface area (Å²) in [4.78, 5) is 12.3. The normalized spacial score (nSPS) is 10.1. The molecule has 0 aliphatic carbocycles. The number of aldehydes is 1. The monoisotopic (exact) mass is 232 g/mol. The average Bonchev–Trinajstić information content (AvgIpc) is 2.74. The van der Waals surface area contributed by atoms with Gasteiger partial charge in [0.2, 0.25) is 0 Å². The van der Waals surface area contributed by atoms with Crippen LogP contribution < -0.4 is 4.74 Å². The topological polar surface area (TPSA) is 26.3 Å². The maximum absolute atomic E-state index is 11.0. The molecule has 16 heavy (non-hydrogen) atoms. The number of rotatable bonds is 3. The number of benzene rings is 1. The van der Waals surface area contributed by atoms with Crippen LogP contribution in [0.2, 0.25) is 0 Å². The number of hydrogen-bond acceptors (Lipinski definition) is 3. The van der Waals surface area contributed by atoms with Crippen molar-refractivity contribution in [1.82, 2.24) is 0 Å². The first-order valence-corrected chi connectivity index (χ1v) is 5.82. The smallest absolute Gasteiger partial charge is 0.150 e. The molecule has 0 radical (unpaired) electrons. The predicted molar refractivity (Wildman–Crippen MR) is 66.4 cm³/mol. The number of carbonyl (C=O) groups excluding carboxylic acids is 1. The lowest BCUT2D eigenvalue weighted by Gasteiger charge is -2.06. The molecular weight excluding hydrogens is 220 g/mol. The summed E-state index contributed by atoms with van der Waals surface area (Å²) in [5, 5.41) is 2.03. The molecule has 0 atom stereocenters. The third kappa shape index (κ3) is 1.86. The fraction of sp³-hybridized carbons (Fsp3) is 0.154. The summed E-state index contributed by atoms with van der Waals surface area (Å²) in [6, 6.07) is 7.60. The van der Waals surface area contributed by atoms with Crippen LogP contribution in [0, 0.1) is 6.92 Å². The SMILES string of the molecule is COc1ccc(-c2ccsc2C)c(C=O)c1. The second-order valence-electron chi connectivity index (χ2n) is 3.46. The summed E-state index contributed by atoms with van der Waals surface area (Å²) in [5.41, 5.74) is 2.75. The van der Waals surface area contributed by atoms with Crippen LogP contribution in [0.25, 0.3) is 11.1 Å². The van der Waals surface area contributed by atoms with Crippen molar-refractivity contribution in [2.75, 3.05) is 7.11 Å². The summed E-state index contributed by atoms with van der Waals surface area (Å²) in [6.45, 7) is 2.05. The van der Waals surface area contributed by atoms with Crippen molar-refractivity contribution in [3.8, 4) is 16.9 Å². The number of methoxy groups -OCH3 is 1. The molecule has 3 heteroatoms. The summed E-state index contributed by atoms with van der Waals surface area (Å²) in [5.74, 6) is 0.707. The van der Waals surface area contributed by atoms with Crippen molar-refractivity contribution in [3.63, 3.8) is 0 Å². The third-order valence-corrected chi connectivity index (χ3v) is 3.38.